The summed E-state index contributed by atoms with van der Waals surface area (Å²) in [6.45, 7) is 1.54. The zero-order valence-electron chi connectivity index (χ0n) is 14.3. The van der Waals surface area contributed by atoms with Crippen molar-refractivity contribution in [2.24, 2.45) is 0 Å². The Bertz CT molecular complexity index is 823. The predicted molar refractivity (Wildman–Crippen MR) is 93.3 cm³/mol. The Balaban J connectivity index is 1.71. The summed E-state index contributed by atoms with van der Waals surface area (Å²) >= 11 is 0. The summed E-state index contributed by atoms with van der Waals surface area (Å²) in [7, 11) is 0. The predicted octanol–water partition coefficient (Wildman–Crippen LogP) is 3.86. The van der Waals surface area contributed by atoms with Crippen molar-refractivity contribution in [2.45, 2.75) is 31.8 Å². The van der Waals surface area contributed by atoms with Crippen LogP contribution in [0.4, 0.5) is 10.1 Å². The molecule has 0 aliphatic heterocycles. The molecule has 7 heteroatoms. The highest BCUT2D eigenvalue weighted by atomic mass is 19.1. The van der Waals surface area contributed by atoms with E-state index in [1.807, 2.05) is 0 Å². The van der Waals surface area contributed by atoms with Crippen LogP contribution in [-0.2, 0) is 4.79 Å². The lowest BCUT2D eigenvalue weighted by Crippen LogP contribution is -2.39. The highest BCUT2D eigenvalue weighted by Crippen LogP contribution is 2.35. The molecule has 0 spiro atoms. The summed E-state index contributed by atoms with van der Waals surface area (Å²) in [4.78, 5) is 24.6. The molecule has 1 aliphatic rings. The maximum absolute atomic E-state index is 14.1. The number of rotatable bonds is 7. The van der Waals surface area contributed by atoms with Gasteiger partial charge in [0.2, 0.25) is 0 Å². The molecule has 3 rings (SSSR count). The van der Waals surface area contributed by atoms with Gasteiger partial charge in [-0.1, -0.05) is 24.3 Å². The minimum absolute atomic E-state index is 0.0748. The molecule has 1 unspecified atom stereocenters. The second-order valence-corrected chi connectivity index (χ2v) is 6.27. The van der Waals surface area contributed by atoms with Crippen LogP contribution in [0.2, 0.25) is 0 Å². The number of halogens is 1. The van der Waals surface area contributed by atoms with Gasteiger partial charge in [0.05, 0.1) is 17.0 Å². The number of carbonyl (C=O) groups is 1. The van der Waals surface area contributed by atoms with Crippen molar-refractivity contribution in [3.63, 3.8) is 0 Å². The summed E-state index contributed by atoms with van der Waals surface area (Å²) in [6.07, 6.45) is 1.75. The third-order valence-corrected chi connectivity index (χ3v) is 4.39. The topological polar surface area (TPSA) is 72.7 Å². The minimum Gasteiger partial charge on any atom is -0.484 e. The van der Waals surface area contributed by atoms with Crippen molar-refractivity contribution in [3.05, 3.63) is 70.0 Å². The zero-order chi connectivity index (χ0) is 18.7. The number of benzene rings is 2. The van der Waals surface area contributed by atoms with E-state index in [1.165, 1.54) is 24.3 Å². The Kier molecular flexibility index (Phi) is 5.16. The molecule has 136 valence electrons. The molecule has 6 nitrogen and oxygen atoms in total. The Labute approximate surface area is 150 Å². The smallest absolute Gasteiger partial charge is 0.273 e. The van der Waals surface area contributed by atoms with Crippen molar-refractivity contribution < 1.29 is 18.8 Å². The number of nitrogens with zero attached hydrogens (tertiary/aromatic N) is 2. The normalized spacial score (nSPS) is 14.5. The molecule has 1 fully saturated rings. The zero-order valence-corrected chi connectivity index (χ0v) is 14.3. The fourth-order valence-corrected chi connectivity index (χ4v) is 2.96. The second-order valence-electron chi connectivity index (χ2n) is 6.27. The molecule has 0 aromatic heterocycles. The van der Waals surface area contributed by atoms with Crippen LogP contribution in [0.15, 0.2) is 48.5 Å². The minimum atomic E-state index is -0.522. The number of non-ortho nitro benzene ring substituents is 1. The fraction of sp³-hybridized carbons (Fsp3) is 0.316. The molecule has 2 aromatic rings. The number of carbonyl (C=O) groups excluding carboxylic acids is 1. The van der Waals surface area contributed by atoms with Crippen LogP contribution in [0.3, 0.4) is 0 Å². The number of nitro benzene ring substituents is 1. The Hall–Kier alpha value is -2.96. The number of hydrogen-bond acceptors (Lipinski definition) is 4. The maximum atomic E-state index is 14.1. The van der Waals surface area contributed by atoms with Gasteiger partial charge in [0.25, 0.3) is 11.6 Å². The molecule has 1 aliphatic carbocycles. The van der Waals surface area contributed by atoms with Gasteiger partial charge in [-0.3, -0.25) is 14.9 Å². The van der Waals surface area contributed by atoms with E-state index in [2.05, 4.69) is 0 Å². The summed E-state index contributed by atoms with van der Waals surface area (Å²) < 4.78 is 19.5. The Morgan fingerprint density at radius 3 is 2.69 bits per heavy atom. The monoisotopic (exact) mass is 358 g/mol. The summed E-state index contributed by atoms with van der Waals surface area (Å²) in [5.74, 6) is -0.366. The number of amides is 1. The van der Waals surface area contributed by atoms with Gasteiger partial charge in [0.15, 0.2) is 6.61 Å². The molecule has 26 heavy (non-hydrogen) atoms. The Morgan fingerprint density at radius 2 is 2.04 bits per heavy atom. The lowest BCUT2D eigenvalue weighted by Gasteiger charge is -2.30. The van der Waals surface area contributed by atoms with Crippen molar-refractivity contribution in [2.75, 3.05) is 6.61 Å². The number of hydrogen-bond donors (Lipinski definition) is 0. The average Bonchev–Trinajstić information content (AvgIpc) is 3.45. The summed E-state index contributed by atoms with van der Waals surface area (Å²) in [5.41, 5.74) is 0.358. The molecule has 1 atom stereocenters. The first-order valence-corrected chi connectivity index (χ1v) is 8.40. The van der Waals surface area contributed by atoms with Crippen LogP contribution in [-0.4, -0.2) is 28.4 Å². The maximum Gasteiger partial charge on any atom is 0.273 e. The molecule has 2 aromatic carbocycles. The average molecular weight is 358 g/mol. The van der Waals surface area contributed by atoms with Crippen LogP contribution >= 0.6 is 0 Å². The molecule has 1 saturated carbocycles. The van der Waals surface area contributed by atoms with Gasteiger partial charge in [-0.15, -0.1) is 0 Å². The van der Waals surface area contributed by atoms with Crippen LogP contribution in [0.25, 0.3) is 0 Å². The first-order valence-electron chi connectivity index (χ1n) is 8.40. The van der Waals surface area contributed by atoms with Crippen molar-refractivity contribution in [3.8, 4) is 5.75 Å². The lowest BCUT2D eigenvalue weighted by molar-refractivity contribution is -0.384. The molecule has 0 N–H and O–H groups in total. The van der Waals surface area contributed by atoms with Crippen molar-refractivity contribution in [1.29, 1.82) is 0 Å². The SMILES string of the molecule is CC(c1ccccc1F)N(C(=O)COc1cccc([N+](=O)[O-])c1)C1CC1. The first kappa shape index (κ1) is 17.8. The van der Waals surface area contributed by atoms with E-state index in [-0.39, 0.29) is 35.8 Å². The van der Waals surface area contributed by atoms with Gasteiger partial charge in [-0.05, 0) is 31.9 Å². The van der Waals surface area contributed by atoms with E-state index < -0.39 is 11.0 Å². The van der Waals surface area contributed by atoms with Crippen LogP contribution < -0.4 is 4.74 Å². The van der Waals surface area contributed by atoms with E-state index in [9.17, 15) is 19.3 Å². The van der Waals surface area contributed by atoms with Crippen molar-refractivity contribution >= 4 is 11.6 Å². The highest BCUT2D eigenvalue weighted by Gasteiger charge is 2.37. The van der Waals surface area contributed by atoms with E-state index >= 15 is 0 Å². The molecular formula is C19H19FN2O4. The van der Waals surface area contributed by atoms with E-state index in [4.69, 9.17) is 4.74 Å². The van der Waals surface area contributed by atoms with Crippen LogP contribution in [0, 0.1) is 15.9 Å². The first-order chi connectivity index (χ1) is 12.5. The third-order valence-electron chi connectivity index (χ3n) is 4.39. The largest absolute Gasteiger partial charge is 0.484 e. The van der Waals surface area contributed by atoms with Gasteiger partial charge < -0.3 is 9.64 Å². The lowest BCUT2D eigenvalue weighted by atomic mass is 10.1. The van der Waals surface area contributed by atoms with E-state index in [0.29, 0.717) is 5.56 Å². The quantitative estimate of drug-likeness (QED) is 0.556. The highest BCUT2D eigenvalue weighted by molar-refractivity contribution is 5.79. The van der Waals surface area contributed by atoms with Crippen LogP contribution in [0.1, 0.15) is 31.4 Å². The molecule has 0 bridgehead atoms. The number of ether oxygens (including phenoxy) is 1. The summed E-state index contributed by atoms with van der Waals surface area (Å²) in [6, 6.07) is 11.7. The van der Waals surface area contributed by atoms with E-state index in [0.717, 1.165) is 12.8 Å². The van der Waals surface area contributed by atoms with Gasteiger partial charge in [0.1, 0.15) is 11.6 Å². The molecule has 0 radical (unpaired) electrons. The standard InChI is InChI=1S/C19H19FN2O4/c1-13(17-7-2-3-8-18(17)20)21(14-9-10-14)19(23)12-26-16-6-4-5-15(11-16)22(24)25/h2-8,11,13-14H,9-10,12H2,1H3. The molecule has 1 amide bonds. The van der Waals surface area contributed by atoms with Gasteiger partial charge in [0, 0.05) is 17.7 Å². The van der Waals surface area contributed by atoms with Gasteiger partial charge in [-0.25, -0.2) is 4.39 Å². The van der Waals surface area contributed by atoms with Gasteiger partial charge >= 0.3 is 0 Å². The van der Waals surface area contributed by atoms with Crippen molar-refractivity contribution in [1.82, 2.24) is 4.90 Å². The number of nitro groups is 1. The third kappa shape index (κ3) is 3.99. The Morgan fingerprint density at radius 1 is 1.31 bits per heavy atom. The second kappa shape index (κ2) is 7.51. The molecule has 0 saturated heterocycles. The molecule has 0 heterocycles. The fourth-order valence-electron chi connectivity index (χ4n) is 2.96. The van der Waals surface area contributed by atoms with Gasteiger partial charge in [-0.2, -0.15) is 0 Å². The van der Waals surface area contributed by atoms with E-state index in [1.54, 1.807) is 36.1 Å². The molecular weight excluding hydrogens is 339 g/mol. The summed E-state index contributed by atoms with van der Waals surface area (Å²) in [5, 5.41) is 10.8. The van der Waals surface area contributed by atoms with Crippen LogP contribution in [0.5, 0.6) is 5.75 Å².